The van der Waals surface area contributed by atoms with Crippen LogP contribution < -0.4 is 5.56 Å². The Kier molecular flexibility index (Phi) is 4.42. The number of nitrogens with one attached hydrogen (secondary N) is 1. The minimum Gasteiger partial charge on any atom is -0.305 e. The lowest BCUT2D eigenvalue weighted by atomic mass is 10.1. The Balaban J connectivity index is 1.58. The first-order valence-corrected chi connectivity index (χ1v) is 9.22. The maximum absolute atomic E-state index is 12.5. The molecule has 25 heavy (non-hydrogen) atoms. The average Bonchev–Trinajstić information content (AvgIpc) is 2.91. The van der Waals surface area contributed by atoms with Crippen molar-refractivity contribution >= 4 is 11.3 Å². The van der Waals surface area contributed by atoms with E-state index in [1.165, 1.54) is 10.4 Å². The van der Waals surface area contributed by atoms with Crippen molar-refractivity contribution in [3.05, 3.63) is 62.1 Å². The largest absolute Gasteiger partial charge is 0.305 e. The molecule has 0 amide bonds. The molecule has 0 aliphatic carbocycles. The maximum atomic E-state index is 12.5. The first-order valence-electron chi connectivity index (χ1n) is 8.34. The van der Waals surface area contributed by atoms with E-state index in [0.29, 0.717) is 11.5 Å². The summed E-state index contributed by atoms with van der Waals surface area (Å²) in [6, 6.07) is 2.16. The number of aryl methyl sites for hydroxylation is 1. The summed E-state index contributed by atoms with van der Waals surface area (Å²) in [5.41, 5.74) is 3.57. The van der Waals surface area contributed by atoms with Gasteiger partial charge in [0.15, 0.2) is 5.82 Å². The minimum absolute atomic E-state index is 0.0557. The van der Waals surface area contributed by atoms with Gasteiger partial charge in [-0.15, -0.1) is 11.3 Å². The van der Waals surface area contributed by atoms with Crippen molar-refractivity contribution in [2.24, 2.45) is 0 Å². The molecule has 0 aromatic carbocycles. The number of hydrogen-bond donors (Lipinski definition) is 1. The molecule has 0 atom stereocenters. The number of fused-ring (bicyclic) bond motifs is 1. The summed E-state index contributed by atoms with van der Waals surface area (Å²) in [5.74, 6) is 0.499. The maximum Gasteiger partial charge on any atom is 0.254 e. The monoisotopic (exact) mass is 353 g/mol. The molecule has 1 aliphatic rings. The Labute approximate surface area is 149 Å². The van der Waals surface area contributed by atoms with Gasteiger partial charge in [0.2, 0.25) is 0 Å². The molecule has 1 N–H and O–H groups in total. The van der Waals surface area contributed by atoms with E-state index in [2.05, 4.69) is 43.2 Å². The lowest BCUT2D eigenvalue weighted by molar-refractivity contribution is 0.281. The summed E-state index contributed by atoms with van der Waals surface area (Å²) in [6.07, 6.45) is 6.33. The summed E-state index contributed by atoms with van der Waals surface area (Å²) in [7, 11) is 0. The topological polar surface area (TPSA) is 74.8 Å². The van der Waals surface area contributed by atoms with E-state index in [0.717, 1.165) is 43.7 Å². The van der Waals surface area contributed by atoms with Crippen molar-refractivity contribution in [3.8, 4) is 11.5 Å². The molecular weight excluding hydrogens is 334 g/mol. The van der Waals surface area contributed by atoms with Gasteiger partial charge in [-0.2, -0.15) is 0 Å². The molecule has 7 heteroatoms. The zero-order valence-corrected chi connectivity index (χ0v) is 14.8. The summed E-state index contributed by atoms with van der Waals surface area (Å²) >= 11 is 1.80. The highest BCUT2D eigenvalue weighted by molar-refractivity contribution is 7.10. The van der Waals surface area contributed by atoms with Crippen molar-refractivity contribution in [1.82, 2.24) is 24.8 Å². The number of aromatic amines is 1. The van der Waals surface area contributed by atoms with Crippen LogP contribution in [-0.4, -0.2) is 37.9 Å². The molecule has 0 unspecified atom stereocenters. The van der Waals surface area contributed by atoms with E-state index in [9.17, 15) is 4.79 Å². The first kappa shape index (κ1) is 16.1. The van der Waals surface area contributed by atoms with Gasteiger partial charge in [-0.25, -0.2) is 9.97 Å². The molecule has 1 aliphatic heterocycles. The molecule has 0 saturated carbocycles. The van der Waals surface area contributed by atoms with E-state index < -0.39 is 0 Å². The Morgan fingerprint density at radius 2 is 2.16 bits per heavy atom. The van der Waals surface area contributed by atoms with Crippen LogP contribution in [-0.2, 0) is 19.4 Å². The van der Waals surface area contributed by atoms with Crippen LogP contribution in [0.15, 0.2) is 34.8 Å². The van der Waals surface area contributed by atoms with Crippen LogP contribution >= 0.6 is 11.3 Å². The van der Waals surface area contributed by atoms with E-state index >= 15 is 0 Å². The molecule has 0 saturated heterocycles. The highest BCUT2D eigenvalue weighted by Gasteiger charge is 2.20. The number of aromatic nitrogens is 4. The molecule has 0 fully saturated rings. The molecule has 6 nitrogen and oxygen atoms in total. The lowest BCUT2D eigenvalue weighted by Gasteiger charge is -2.19. The average molecular weight is 353 g/mol. The molecular formula is C18H19N5OS. The van der Waals surface area contributed by atoms with Gasteiger partial charge in [0, 0.05) is 48.9 Å². The van der Waals surface area contributed by atoms with E-state index in [4.69, 9.17) is 0 Å². The molecule has 0 spiro atoms. The van der Waals surface area contributed by atoms with Crippen molar-refractivity contribution in [2.75, 3.05) is 13.1 Å². The zero-order valence-electron chi connectivity index (χ0n) is 14.0. The summed E-state index contributed by atoms with van der Waals surface area (Å²) in [4.78, 5) is 32.1. The van der Waals surface area contributed by atoms with Crippen molar-refractivity contribution in [1.29, 1.82) is 0 Å². The molecule has 128 valence electrons. The predicted molar refractivity (Wildman–Crippen MR) is 97.6 cm³/mol. The summed E-state index contributed by atoms with van der Waals surface area (Å²) < 4.78 is 0. The number of nitrogens with zero attached hydrogens (tertiary/aromatic N) is 4. The highest BCUT2D eigenvalue weighted by atomic mass is 32.1. The lowest BCUT2D eigenvalue weighted by Crippen LogP contribution is -2.26. The fraction of sp³-hybridized carbons (Fsp3) is 0.333. The van der Waals surface area contributed by atoms with Crippen molar-refractivity contribution in [2.45, 2.75) is 26.3 Å². The van der Waals surface area contributed by atoms with Crippen LogP contribution in [0, 0.1) is 6.92 Å². The number of hydrogen-bond acceptors (Lipinski definition) is 6. The van der Waals surface area contributed by atoms with Gasteiger partial charge in [0.1, 0.15) is 5.69 Å². The molecule has 4 rings (SSSR count). The van der Waals surface area contributed by atoms with E-state index in [-0.39, 0.29) is 5.56 Å². The zero-order chi connectivity index (χ0) is 17.2. The number of thiophene rings is 1. The van der Waals surface area contributed by atoms with Crippen molar-refractivity contribution in [3.63, 3.8) is 0 Å². The number of rotatable bonds is 3. The van der Waals surface area contributed by atoms with Crippen LogP contribution in [0.25, 0.3) is 11.5 Å². The van der Waals surface area contributed by atoms with Crippen LogP contribution in [0.2, 0.25) is 0 Å². The standard InChI is InChI=1S/C18H19N5OS/c1-12-4-9-25-16(12)11-23-7-2-13-14(3-8-23)21-17(22-18(13)24)15-10-19-5-6-20-15/h4-6,9-10H,2-3,7-8,11H2,1H3,(H,21,22,24). The van der Waals surface area contributed by atoms with Gasteiger partial charge in [0.25, 0.3) is 5.56 Å². The molecule has 3 aromatic rings. The van der Waals surface area contributed by atoms with Gasteiger partial charge in [-0.1, -0.05) is 0 Å². The van der Waals surface area contributed by atoms with E-state index in [1.54, 1.807) is 29.9 Å². The Hall–Kier alpha value is -2.38. The Bertz CT molecular complexity index is 934. The second-order valence-corrected chi connectivity index (χ2v) is 7.23. The van der Waals surface area contributed by atoms with Gasteiger partial charge in [-0.05, 0) is 30.4 Å². The second-order valence-electron chi connectivity index (χ2n) is 6.23. The third-order valence-corrected chi connectivity index (χ3v) is 5.59. The molecule has 3 aromatic heterocycles. The quantitative estimate of drug-likeness (QED) is 0.781. The van der Waals surface area contributed by atoms with Crippen LogP contribution in [0.4, 0.5) is 0 Å². The normalized spacial score (nSPS) is 14.9. The fourth-order valence-electron chi connectivity index (χ4n) is 3.12. The predicted octanol–water partition coefficient (Wildman–Crippen LogP) is 2.20. The smallest absolute Gasteiger partial charge is 0.254 e. The van der Waals surface area contributed by atoms with Gasteiger partial charge in [-0.3, -0.25) is 14.7 Å². The summed E-state index contributed by atoms with van der Waals surface area (Å²) in [6.45, 7) is 4.87. The first-order chi connectivity index (χ1) is 12.2. The SMILES string of the molecule is Cc1ccsc1CN1CCc2nc(-c3cnccn3)[nH]c(=O)c2CC1. The molecule has 0 bridgehead atoms. The Morgan fingerprint density at radius 3 is 2.92 bits per heavy atom. The van der Waals surface area contributed by atoms with Gasteiger partial charge < -0.3 is 4.98 Å². The Morgan fingerprint density at radius 1 is 1.28 bits per heavy atom. The second kappa shape index (κ2) is 6.85. The van der Waals surface area contributed by atoms with Crippen molar-refractivity contribution < 1.29 is 0 Å². The van der Waals surface area contributed by atoms with Crippen LogP contribution in [0.5, 0.6) is 0 Å². The minimum atomic E-state index is -0.0557. The van der Waals surface area contributed by atoms with Gasteiger partial charge >= 0.3 is 0 Å². The third-order valence-electron chi connectivity index (χ3n) is 4.59. The van der Waals surface area contributed by atoms with Crippen LogP contribution in [0.3, 0.4) is 0 Å². The van der Waals surface area contributed by atoms with E-state index in [1.807, 2.05) is 0 Å². The summed E-state index contributed by atoms with van der Waals surface area (Å²) in [5, 5.41) is 2.14. The van der Waals surface area contributed by atoms with Gasteiger partial charge in [0.05, 0.1) is 11.9 Å². The number of H-pyrrole nitrogens is 1. The molecule has 4 heterocycles. The molecule has 0 radical (unpaired) electrons. The highest BCUT2D eigenvalue weighted by Crippen LogP contribution is 2.20. The fourth-order valence-corrected chi connectivity index (χ4v) is 4.07. The van der Waals surface area contributed by atoms with Crippen LogP contribution in [0.1, 0.15) is 21.7 Å². The third kappa shape index (κ3) is 3.38.